The van der Waals surface area contributed by atoms with E-state index in [0.29, 0.717) is 13.1 Å². The molecular formula is C23H38N2O4. The van der Waals surface area contributed by atoms with Crippen LogP contribution in [0.15, 0.2) is 18.2 Å². The van der Waals surface area contributed by atoms with Gasteiger partial charge in [-0.25, -0.2) is 0 Å². The fourth-order valence-electron chi connectivity index (χ4n) is 3.46. The molecule has 0 radical (unpaired) electrons. The van der Waals surface area contributed by atoms with Crippen LogP contribution >= 0.6 is 0 Å². The van der Waals surface area contributed by atoms with Gasteiger partial charge in [0, 0.05) is 25.2 Å². The number of phenols is 1. The molecule has 6 nitrogen and oxygen atoms in total. The zero-order valence-electron chi connectivity index (χ0n) is 18.2. The molecule has 1 amide bonds. The smallest absolute Gasteiger partial charge is 0.270 e. The first-order chi connectivity index (χ1) is 14.0. The Morgan fingerprint density at radius 2 is 1.38 bits per heavy atom. The van der Waals surface area contributed by atoms with Crippen molar-refractivity contribution >= 4 is 11.6 Å². The molecule has 0 spiro atoms. The lowest BCUT2D eigenvalue weighted by Crippen LogP contribution is -2.33. The normalized spacial score (nSPS) is 10.8. The van der Waals surface area contributed by atoms with Gasteiger partial charge in [-0.3, -0.25) is 14.9 Å². The number of phenolic OH excluding ortho intramolecular Hbond substituents is 1. The molecular weight excluding hydrogens is 368 g/mol. The molecule has 0 atom stereocenters. The van der Waals surface area contributed by atoms with E-state index in [1.54, 1.807) is 4.90 Å². The zero-order valence-corrected chi connectivity index (χ0v) is 18.2. The van der Waals surface area contributed by atoms with Crippen molar-refractivity contribution in [2.45, 2.75) is 90.9 Å². The fourth-order valence-corrected chi connectivity index (χ4v) is 3.46. The van der Waals surface area contributed by atoms with Crippen LogP contribution in [0.25, 0.3) is 0 Å². The summed E-state index contributed by atoms with van der Waals surface area (Å²) < 4.78 is 0. The minimum Gasteiger partial charge on any atom is -0.507 e. The number of amides is 1. The Kier molecular flexibility index (Phi) is 12.7. The predicted octanol–water partition coefficient (Wildman–Crippen LogP) is 6.46. The summed E-state index contributed by atoms with van der Waals surface area (Å²) in [5.74, 6) is -0.509. The van der Waals surface area contributed by atoms with Gasteiger partial charge in [0.25, 0.3) is 11.6 Å². The number of carbonyl (C=O) groups excluding carboxylic acids is 1. The van der Waals surface area contributed by atoms with Crippen molar-refractivity contribution in [3.8, 4) is 5.75 Å². The molecule has 0 heterocycles. The Balaban J connectivity index is 2.71. The van der Waals surface area contributed by atoms with Crippen LogP contribution in [0.2, 0.25) is 0 Å². The lowest BCUT2D eigenvalue weighted by molar-refractivity contribution is -0.384. The summed E-state index contributed by atoms with van der Waals surface area (Å²) in [7, 11) is 0. The second-order valence-corrected chi connectivity index (χ2v) is 7.79. The van der Waals surface area contributed by atoms with E-state index < -0.39 is 4.92 Å². The first kappa shape index (κ1) is 24.9. The van der Waals surface area contributed by atoms with Gasteiger partial charge < -0.3 is 10.0 Å². The number of unbranched alkanes of at least 4 members (excludes halogenated alkanes) is 10. The number of nitrogens with zero attached hydrogens (tertiary/aromatic N) is 2. The highest BCUT2D eigenvalue weighted by Gasteiger charge is 2.21. The average Bonchev–Trinajstić information content (AvgIpc) is 2.71. The van der Waals surface area contributed by atoms with Gasteiger partial charge in [-0.2, -0.15) is 0 Å². The summed E-state index contributed by atoms with van der Waals surface area (Å²) in [6, 6.07) is 3.64. The first-order valence-electron chi connectivity index (χ1n) is 11.3. The van der Waals surface area contributed by atoms with Gasteiger partial charge in [-0.1, -0.05) is 78.1 Å². The largest absolute Gasteiger partial charge is 0.507 e. The average molecular weight is 407 g/mol. The molecule has 0 aromatic heterocycles. The SMILES string of the molecule is CCCCCCCCN(CCCCCCCC)C(=O)c1cc([N+](=O)[O-])ccc1O. The van der Waals surface area contributed by atoms with Crippen molar-refractivity contribution < 1.29 is 14.8 Å². The second kappa shape index (κ2) is 14.8. The summed E-state index contributed by atoms with van der Waals surface area (Å²) in [5, 5.41) is 21.2. The summed E-state index contributed by atoms with van der Waals surface area (Å²) in [4.78, 5) is 25.3. The number of nitro groups is 1. The Labute approximate surface area is 175 Å². The van der Waals surface area contributed by atoms with Gasteiger partial charge in [0.1, 0.15) is 5.75 Å². The van der Waals surface area contributed by atoms with E-state index in [0.717, 1.165) is 38.5 Å². The molecule has 164 valence electrons. The Bertz CT molecular complexity index is 603. The molecule has 6 heteroatoms. The summed E-state index contributed by atoms with van der Waals surface area (Å²) >= 11 is 0. The predicted molar refractivity (Wildman–Crippen MR) is 117 cm³/mol. The van der Waals surface area contributed by atoms with Gasteiger partial charge in [-0.15, -0.1) is 0 Å². The summed E-state index contributed by atoms with van der Waals surface area (Å²) in [6.45, 7) is 5.63. The third kappa shape index (κ3) is 9.77. The van der Waals surface area contributed by atoms with E-state index in [1.807, 2.05) is 0 Å². The van der Waals surface area contributed by atoms with Crippen LogP contribution in [-0.4, -0.2) is 33.9 Å². The minimum absolute atomic E-state index is 0.0242. The monoisotopic (exact) mass is 406 g/mol. The molecule has 29 heavy (non-hydrogen) atoms. The van der Waals surface area contributed by atoms with E-state index in [9.17, 15) is 20.0 Å². The molecule has 1 aromatic rings. The maximum Gasteiger partial charge on any atom is 0.270 e. The maximum atomic E-state index is 13.0. The van der Waals surface area contributed by atoms with Crippen LogP contribution in [0.4, 0.5) is 5.69 Å². The van der Waals surface area contributed by atoms with Gasteiger partial charge in [0.05, 0.1) is 10.5 Å². The molecule has 0 unspecified atom stereocenters. The number of nitro benzene ring substituents is 1. The van der Waals surface area contributed by atoms with Crippen molar-refractivity contribution in [3.63, 3.8) is 0 Å². The maximum absolute atomic E-state index is 13.0. The van der Waals surface area contributed by atoms with Crippen molar-refractivity contribution in [1.82, 2.24) is 4.90 Å². The van der Waals surface area contributed by atoms with Crippen molar-refractivity contribution in [1.29, 1.82) is 0 Å². The van der Waals surface area contributed by atoms with E-state index in [4.69, 9.17) is 0 Å². The Morgan fingerprint density at radius 3 is 1.86 bits per heavy atom. The molecule has 0 aliphatic carbocycles. The Morgan fingerprint density at radius 1 is 0.897 bits per heavy atom. The number of non-ortho nitro benzene ring substituents is 1. The van der Waals surface area contributed by atoms with Gasteiger partial charge >= 0.3 is 0 Å². The van der Waals surface area contributed by atoms with Crippen LogP contribution in [0.3, 0.4) is 0 Å². The number of benzene rings is 1. The van der Waals surface area contributed by atoms with Gasteiger partial charge in [0.2, 0.25) is 0 Å². The highest BCUT2D eigenvalue weighted by atomic mass is 16.6. The molecule has 0 saturated heterocycles. The highest BCUT2D eigenvalue weighted by molar-refractivity contribution is 5.97. The van der Waals surface area contributed by atoms with Gasteiger partial charge in [-0.05, 0) is 18.9 Å². The number of hydrogen-bond acceptors (Lipinski definition) is 4. The standard InChI is InChI=1S/C23H38N2O4/c1-3-5-7-9-11-13-17-24(18-14-12-10-8-6-4-2)23(27)21-19-20(25(28)29)15-16-22(21)26/h15-16,19,26H,3-14,17-18H2,1-2H3. The first-order valence-corrected chi connectivity index (χ1v) is 11.3. The molecule has 1 N–H and O–H groups in total. The number of rotatable bonds is 16. The van der Waals surface area contributed by atoms with Crippen molar-refractivity contribution in [2.24, 2.45) is 0 Å². The third-order valence-corrected chi connectivity index (χ3v) is 5.27. The minimum atomic E-state index is -0.540. The zero-order chi connectivity index (χ0) is 21.5. The van der Waals surface area contributed by atoms with Crippen LogP contribution in [0.1, 0.15) is 101 Å². The molecule has 0 aliphatic heterocycles. The van der Waals surface area contributed by atoms with Crippen LogP contribution in [0.5, 0.6) is 5.75 Å². The fraction of sp³-hybridized carbons (Fsp3) is 0.696. The van der Waals surface area contributed by atoms with E-state index in [2.05, 4.69) is 13.8 Å². The van der Waals surface area contributed by atoms with Gasteiger partial charge in [0.15, 0.2) is 0 Å². The number of aromatic hydroxyl groups is 1. The molecule has 1 aromatic carbocycles. The molecule has 0 fully saturated rings. The van der Waals surface area contributed by atoms with Crippen LogP contribution in [0, 0.1) is 10.1 Å². The topological polar surface area (TPSA) is 83.7 Å². The van der Waals surface area contributed by atoms with E-state index in [1.165, 1.54) is 56.7 Å². The Hall–Kier alpha value is -2.11. The summed E-state index contributed by atoms with van der Waals surface area (Å²) in [6.07, 6.45) is 13.6. The van der Waals surface area contributed by atoms with Crippen LogP contribution in [-0.2, 0) is 0 Å². The van der Waals surface area contributed by atoms with E-state index in [-0.39, 0.29) is 22.9 Å². The third-order valence-electron chi connectivity index (χ3n) is 5.27. The van der Waals surface area contributed by atoms with Crippen molar-refractivity contribution in [3.05, 3.63) is 33.9 Å². The van der Waals surface area contributed by atoms with E-state index >= 15 is 0 Å². The molecule has 1 rings (SSSR count). The lowest BCUT2D eigenvalue weighted by atomic mass is 10.1. The summed E-state index contributed by atoms with van der Waals surface area (Å²) in [5.41, 5.74) is -0.151. The highest BCUT2D eigenvalue weighted by Crippen LogP contribution is 2.25. The number of hydrogen-bond donors (Lipinski definition) is 1. The molecule has 0 aliphatic rings. The van der Waals surface area contributed by atoms with Crippen molar-refractivity contribution in [2.75, 3.05) is 13.1 Å². The lowest BCUT2D eigenvalue weighted by Gasteiger charge is -2.23. The second-order valence-electron chi connectivity index (χ2n) is 7.79. The quantitative estimate of drug-likeness (QED) is 0.194. The number of carbonyl (C=O) groups is 1. The molecule has 0 saturated carbocycles. The van der Waals surface area contributed by atoms with Crippen LogP contribution < -0.4 is 0 Å². The molecule has 0 bridgehead atoms.